The first-order chi connectivity index (χ1) is 7.01. The van der Waals surface area contributed by atoms with Crippen LogP contribution in [0.2, 0.25) is 0 Å². The second-order valence-electron chi connectivity index (χ2n) is 2.82. The van der Waals surface area contributed by atoms with Crippen LogP contribution in [0.5, 0.6) is 6.01 Å². The fourth-order valence-electron chi connectivity index (χ4n) is 0.860. The van der Waals surface area contributed by atoms with Crippen LogP contribution in [0.25, 0.3) is 0 Å². The van der Waals surface area contributed by atoms with E-state index in [2.05, 4.69) is 14.7 Å². The monoisotopic (exact) mass is 257 g/mol. The standard InChI is InChI=1S/C8H10F3N3O.ClH/c9-8(10,11)5-15-7-13-3-6(1-2-12)4-14-7;/h3-4H,1-2,5,12H2;1H. The highest BCUT2D eigenvalue weighted by Gasteiger charge is 2.28. The molecule has 1 heterocycles. The summed E-state index contributed by atoms with van der Waals surface area (Å²) in [5.41, 5.74) is 6.04. The SMILES string of the molecule is Cl.NCCc1cnc(OCC(F)(F)F)nc1. The number of alkyl halides is 3. The third-order valence-corrected chi connectivity index (χ3v) is 1.48. The highest BCUT2D eigenvalue weighted by molar-refractivity contribution is 5.85. The maximum Gasteiger partial charge on any atom is 0.422 e. The van der Waals surface area contributed by atoms with Crippen molar-refractivity contribution in [2.24, 2.45) is 5.73 Å². The van der Waals surface area contributed by atoms with Crippen molar-refractivity contribution in [2.45, 2.75) is 12.6 Å². The van der Waals surface area contributed by atoms with Crippen LogP contribution in [0.4, 0.5) is 13.2 Å². The van der Waals surface area contributed by atoms with Gasteiger partial charge in [0.15, 0.2) is 6.61 Å². The molecule has 0 spiro atoms. The molecule has 92 valence electrons. The minimum Gasteiger partial charge on any atom is -0.454 e. The van der Waals surface area contributed by atoms with E-state index in [4.69, 9.17) is 5.73 Å². The second kappa shape index (κ2) is 6.49. The smallest absolute Gasteiger partial charge is 0.422 e. The number of aromatic nitrogens is 2. The number of nitrogens with zero attached hydrogens (tertiary/aromatic N) is 2. The third-order valence-electron chi connectivity index (χ3n) is 1.48. The van der Waals surface area contributed by atoms with E-state index >= 15 is 0 Å². The number of rotatable bonds is 4. The van der Waals surface area contributed by atoms with Crippen LogP contribution in [0.15, 0.2) is 12.4 Å². The lowest BCUT2D eigenvalue weighted by Gasteiger charge is -2.07. The van der Waals surface area contributed by atoms with E-state index in [1.165, 1.54) is 12.4 Å². The first-order valence-corrected chi connectivity index (χ1v) is 4.22. The minimum atomic E-state index is -4.38. The van der Waals surface area contributed by atoms with Crippen LogP contribution >= 0.6 is 12.4 Å². The van der Waals surface area contributed by atoms with E-state index in [0.29, 0.717) is 13.0 Å². The Morgan fingerprint density at radius 2 is 1.81 bits per heavy atom. The summed E-state index contributed by atoms with van der Waals surface area (Å²) >= 11 is 0. The first kappa shape index (κ1) is 14.9. The van der Waals surface area contributed by atoms with Gasteiger partial charge in [-0.05, 0) is 18.5 Å². The zero-order chi connectivity index (χ0) is 11.3. The molecule has 1 aromatic rings. The molecule has 1 aromatic heterocycles. The van der Waals surface area contributed by atoms with Gasteiger partial charge in [-0.15, -0.1) is 12.4 Å². The lowest BCUT2D eigenvalue weighted by Crippen LogP contribution is -2.20. The molecule has 0 bridgehead atoms. The molecule has 0 saturated carbocycles. The molecule has 0 saturated heterocycles. The summed E-state index contributed by atoms with van der Waals surface area (Å²) in [5, 5.41) is 0. The van der Waals surface area contributed by atoms with E-state index in [1.807, 2.05) is 0 Å². The molecule has 0 aliphatic rings. The third kappa shape index (κ3) is 5.72. The van der Waals surface area contributed by atoms with Gasteiger partial charge in [-0.2, -0.15) is 13.2 Å². The average molecular weight is 258 g/mol. The predicted octanol–water partition coefficient (Wildman–Crippen LogP) is 1.34. The molecule has 0 atom stereocenters. The Morgan fingerprint density at radius 1 is 1.25 bits per heavy atom. The van der Waals surface area contributed by atoms with Crippen LogP contribution in [-0.4, -0.2) is 29.3 Å². The van der Waals surface area contributed by atoms with Gasteiger partial charge in [0.05, 0.1) is 0 Å². The van der Waals surface area contributed by atoms with Gasteiger partial charge in [-0.1, -0.05) is 0 Å². The molecular formula is C8H11ClF3N3O. The summed E-state index contributed by atoms with van der Waals surface area (Å²) in [6.07, 6.45) is -1.00. The van der Waals surface area contributed by atoms with E-state index in [9.17, 15) is 13.2 Å². The molecule has 0 unspecified atom stereocenters. The minimum absolute atomic E-state index is 0. The summed E-state index contributed by atoms with van der Waals surface area (Å²) in [6, 6.07) is -0.284. The molecule has 2 N–H and O–H groups in total. The molecule has 0 aromatic carbocycles. The van der Waals surface area contributed by atoms with Crippen LogP contribution < -0.4 is 10.5 Å². The Bertz CT molecular complexity index is 304. The van der Waals surface area contributed by atoms with E-state index in [-0.39, 0.29) is 18.4 Å². The number of hydrogen-bond acceptors (Lipinski definition) is 4. The maximum atomic E-state index is 11.7. The molecule has 0 radical (unpaired) electrons. The Labute approximate surface area is 96.4 Å². The Hall–Kier alpha value is -1.08. The van der Waals surface area contributed by atoms with Crippen molar-refractivity contribution in [1.82, 2.24) is 9.97 Å². The summed E-state index contributed by atoms with van der Waals surface area (Å²) in [6.45, 7) is -0.949. The predicted molar refractivity (Wildman–Crippen MR) is 53.6 cm³/mol. The van der Waals surface area contributed by atoms with Gasteiger partial charge >= 0.3 is 12.2 Å². The van der Waals surface area contributed by atoms with Crippen LogP contribution in [0, 0.1) is 0 Å². The van der Waals surface area contributed by atoms with Crippen molar-refractivity contribution >= 4 is 12.4 Å². The first-order valence-electron chi connectivity index (χ1n) is 4.22. The molecule has 0 aliphatic carbocycles. The zero-order valence-electron chi connectivity index (χ0n) is 8.20. The van der Waals surface area contributed by atoms with Gasteiger partial charge in [0, 0.05) is 12.4 Å². The van der Waals surface area contributed by atoms with Gasteiger partial charge in [-0.25, -0.2) is 9.97 Å². The Morgan fingerprint density at radius 3 is 2.25 bits per heavy atom. The largest absolute Gasteiger partial charge is 0.454 e. The van der Waals surface area contributed by atoms with Crippen LogP contribution in [0.1, 0.15) is 5.56 Å². The number of hydrogen-bond donors (Lipinski definition) is 1. The molecule has 0 fully saturated rings. The number of nitrogens with two attached hydrogens (primary N) is 1. The van der Waals surface area contributed by atoms with Crippen molar-refractivity contribution in [3.05, 3.63) is 18.0 Å². The summed E-state index contributed by atoms with van der Waals surface area (Å²) < 4.78 is 39.6. The fourth-order valence-corrected chi connectivity index (χ4v) is 0.860. The van der Waals surface area contributed by atoms with E-state index in [0.717, 1.165) is 5.56 Å². The summed E-state index contributed by atoms with van der Waals surface area (Å²) in [4.78, 5) is 7.22. The van der Waals surface area contributed by atoms with Crippen molar-refractivity contribution in [2.75, 3.05) is 13.2 Å². The zero-order valence-corrected chi connectivity index (χ0v) is 9.01. The lowest BCUT2D eigenvalue weighted by molar-refractivity contribution is -0.154. The highest BCUT2D eigenvalue weighted by Crippen LogP contribution is 2.15. The second-order valence-corrected chi connectivity index (χ2v) is 2.82. The average Bonchev–Trinajstić information content (AvgIpc) is 2.16. The van der Waals surface area contributed by atoms with E-state index in [1.54, 1.807) is 0 Å². The van der Waals surface area contributed by atoms with Gasteiger partial charge in [0.2, 0.25) is 0 Å². The van der Waals surface area contributed by atoms with Crippen LogP contribution in [-0.2, 0) is 6.42 Å². The Kier molecular flexibility index (Phi) is 6.05. The van der Waals surface area contributed by atoms with Gasteiger partial charge in [0.1, 0.15) is 0 Å². The number of ether oxygens (including phenoxy) is 1. The van der Waals surface area contributed by atoms with Gasteiger partial charge in [-0.3, -0.25) is 0 Å². The molecule has 1 rings (SSSR count). The summed E-state index contributed by atoms with van der Waals surface area (Å²) in [7, 11) is 0. The molecule has 4 nitrogen and oxygen atoms in total. The Balaban J connectivity index is 0.00000225. The van der Waals surface area contributed by atoms with Gasteiger partial charge in [0.25, 0.3) is 0 Å². The fraction of sp³-hybridized carbons (Fsp3) is 0.500. The van der Waals surface area contributed by atoms with Crippen molar-refractivity contribution in [1.29, 1.82) is 0 Å². The quantitative estimate of drug-likeness (QED) is 0.884. The van der Waals surface area contributed by atoms with Crippen LogP contribution in [0.3, 0.4) is 0 Å². The normalized spacial score (nSPS) is 10.8. The van der Waals surface area contributed by atoms with Crippen molar-refractivity contribution in [3.8, 4) is 6.01 Å². The topological polar surface area (TPSA) is 61.0 Å². The van der Waals surface area contributed by atoms with E-state index < -0.39 is 12.8 Å². The van der Waals surface area contributed by atoms with Gasteiger partial charge < -0.3 is 10.5 Å². The summed E-state index contributed by atoms with van der Waals surface area (Å²) in [5.74, 6) is 0. The van der Waals surface area contributed by atoms with Crippen molar-refractivity contribution < 1.29 is 17.9 Å². The highest BCUT2D eigenvalue weighted by atomic mass is 35.5. The number of halogens is 4. The molecule has 8 heteroatoms. The lowest BCUT2D eigenvalue weighted by atomic mass is 10.2. The molecule has 0 amide bonds. The molecule has 0 aliphatic heterocycles. The molecule has 16 heavy (non-hydrogen) atoms. The van der Waals surface area contributed by atoms with Crippen molar-refractivity contribution in [3.63, 3.8) is 0 Å². The molecular weight excluding hydrogens is 247 g/mol. The maximum absolute atomic E-state index is 11.7.